The minimum Gasteiger partial charge on any atom is -0.490 e. The van der Waals surface area contributed by atoms with Crippen LogP contribution in [0.3, 0.4) is 0 Å². The highest BCUT2D eigenvalue weighted by Gasteiger charge is 2.09. The second kappa shape index (κ2) is 9.33. The number of rotatable bonds is 8. The lowest BCUT2D eigenvalue weighted by molar-refractivity contribution is 0.208. The zero-order valence-corrected chi connectivity index (χ0v) is 17.4. The molecular formula is C21H23FN2OS2. The zero-order chi connectivity index (χ0) is 19.2. The van der Waals surface area contributed by atoms with Crippen molar-refractivity contribution in [2.24, 2.45) is 0 Å². The van der Waals surface area contributed by atoms with Gasteiger partial charge in [0.2, 0.25) is 0 Å². The van der Waals surface area contributed by atoms with E-state index in [0.29, 0.717) is 0 Å². The van der Waals surface area contributed by atoms with Gasteiger partial charge in [-0.05, 0) is 68.3 Å². The van der Waals surface area contributed by atoms with Crippen molar-refractivity contribution in [1.82, 2.24) is 10.2 Å². The van der Waals surface area contributed by atoms with Crippen molar-refractivity contribution in [3.05, 3.63) is 58.9 Å². The van der Waals surface area contributed by atoms with E-state index in [1.807, 2.05) is 6.07 Å². The Morgan fingerprint density at radius 2 is 1.93 bits per heavy atom. The third kappa shape index (κ3) is 5.53. The minimum absolute atomic E-state index is 0.235. The summed E-state index contributed by atoms with van der Waals surface area (Å²) in [7, 11) is 0. The zero-order valence-electron chi connectivity index (χ0n) is 15.7. The fraction of sp³-hybridized carbons (Fsp3) is 0.333. The Morgan fingerprint density at radius 3 is 2.63 bits per heavy atom. The lowest BCUT2D eigenvalue weighted by atomic mass is 10.2. The number of hydrogen-bond acceptors (Lipinski definition) is 5. The Labute approximate surface area is 168 Å². The molecule has 6 heteroatoms. The van der Waals surface area contributed by atoms with Gasteiger partial charge in [0.15, 0.2) is 0 Å². The second-order valence-corrected chi connectivity index (χ2v) is 8.55. The summed E-state index contributed by atoms with van der Waals surface area (Å²) < 4.78 is 19.0. The number of thioether (sulfide) groups is 1. The normalized spacial score (nSPS) is 12.1. The molecule has 0 aliphatic carbocycles. The van der Waals surface area contributed by atoms with E-state index in [-0.39, 0.29) is 11.9 Å². The van der Waals surface area contributed by atoms with Crippen molar-refractivity contribution in [2.75, 3.05) is 0 Å². The Morgan fingerprint density at radius 1 is 1.15 bits per heavy atom. The van der Waals surface area contributed by atoms with E-state index in [2.05, 4.69) is 43.1 Å². The lowest BCUT2D eigenvalue weighted by Crippen LogP contribution is -2.11. The van der Waals surface area contributed by atoms with Gasteiger partial charge in [0.25, 0.3) is 0 Å². The van der Waals surface area contributed by atoms with Gasteiger partial charge in [-0.2, -0.15) is 0 Å². The van der Waals surface area contributed by atoms with E-state index >= 15 is 0 Å². The topological polar surface area (TPSA) is 35.0 Å². The molecule has 1 heterocycles. The van der Waals surface area contributed by atoms with Crippen LogP contribution in [0.25, 0.3) is 10.6 Å². The van der Waals surface area contributed by atoms with Crippen LogP contribution in [-0.4, -0.2) is 16.3 Å². The summed E-state index contributed by atoms with van der Waals surface area (Å²) >= 11 is 3.27. The first-order valence-corrected chi connectivity index (χ1v) is 10.8. The molecule has 142 valence electrons. The van der Waals surface area contributed by atoms with E-state index in [0.717, 1.165) is 45.5 Å². The Kier molecular flexibility index (Phi) is 6.85. The molecule has 0 amide bonds. The van der Waals surface area contributed by atoms with Gasteiger partial charge in [0, 0.05) is 10.5 Å². The summed E-state index contributed by atoms with van der Waals surface area (Å²) in [5.41, 5.74) is 2.04. The predicted octanol–water partition coefficient (Wildman–Crippen LogP) is 6.51. The van der Waals surface area contributed by atoms with Crippen LogP contribution in [0.1, 0.15) is 37.3 Å². The van der Waals surface area contributed by atoms with Gasteiger partial charge in [0.05, 0.1) is 11.9 Å². The molecule has 0 spiro atoms. The lowest BCUT2D eigenvalue weighted by Gasteiger charge is -2.16. The third-order valence-electron chi connectivity index (χ3n) is 4.09. The monoisotopic (exact) mass is 402 g/mol. The average molecular weight is 403 g/mol. The van der Waals surface area contributed by atoms with Crippen molar-refractivity contribution >= 4 is 23.1 Å². The minimum atomic E-state index is -0.245. The molecule has 0 saturated heterocycles. The van der Waals surface area contributed by atoms with Gasteiger partial charge >= 0.3 is 0 Å². The summed E-state index contributed by atoms with van der Waals surface area (Å²) in [6.45, 7) is 6.36. The standard InChI is InChI=1S/C21H23FN2OS2/c1-4-5-15(3)25-19-11-10-18(12-14(19)2)26-13-20-23-24-21(27-20)16-6-8-17(22)9-7-16/h6-12,15H,4-5,13H2,1-3H3. The fourth-order valence-corrected chi connectivity index (χ4v) is 4.52. The number of aromatic nitrogens is 2. The summed E-state index contributed by atoms with van der Waals surface area (Å²) in [6, 6.07) is 12.6. The molecule has 0 aliphatic rings. The number of ether oxygens (including phenoxy) is 1. The van der Waals surface area contributed by atoms with Gasteiger partial charge in [-0.15, -0.1) is 22.0 Å². The van der Waals surface area contributed by atoms with Crippen LogP contribution in [-0.2, 0) is 5.75 Å². The fourth-order valence-electron chi connectivity index (χ4n) is 2.69. The third-order valence-corrected chi connectivity index (χ3v) is 6.25. The van der Waals surface area contributed by atoms with E-state index in [1.165, 1.54) is 17.0 Å². The second-order valence-electron chi connectivity index (χ2n) is 6.44. The molecule has 0 saturated carbocycles. The molecule has 1 aromatic heterocycles. The Balaban J connectivity index is 1.60. The molecule has 27 heavy (non-hydrogen) atoms. The first kappa shape index (κ1) is 19.8. The molecule has 0 radical (unpaired) electrons. The van der Waals surface area contributed by atoms with Crippen molar-refractivity contribution in [3.63, 3.8) is 0 Å². The highest BCUT2D eigenvalue weighted by atomic mass is 32.2. The molecule has 2 aromatic carbocycles. The number of benzene rings is 2. The molecule has 0 bridgehead atoms. The van der Waals surface area contributed by atoms with Gasteiger partial charge < -0.3 is 4.74 Å². The van der Waals surface area contributed by atoms with Gasteiger partial charge in [-0.1, -0.05) is 24.7 Å². The first-order chi connectivity index (χ1) is 13.0. The van der Waals surface area contributed by atoms with E-state index in [1.54, 1.807) is 35.2 Å². The highest BCUT2D eigenvalue weighted by molar-refractivity contribution is 7.98. The van der Waals surface area contributed by atoms with Crippen LogP contribution in [0.15, 0.2) is 47.4 Å². The van der Waals surface area contributed by atoms with E-state index < -0.39 is 0 Å². The summed E-state index contributed by atoms with van der Waals surface area (Å²) in [5, 5.41) is 10.2. The van der Waals surface area contributed by atoms with Crippen LogP contribution in [0, 0.1) is 12.7 Å². The SMILES string of the molecule is CCCC(C)Oc1ccc(SCc2nnc(-c3ccc(F)cc3)s2)cc1C. The number of hydrogen-bond donors (Lipinski definition) is 0. The maximum atomic E-state index is 13.0. The molecule has 3 nitrogen and oxygen atoms in total. The molecule has 0 aliphatic heterocycles. The largest absolute Gasteiger partial charge is 0.490 e. The highest BCUT2D eigenvalue weighted by Crippen LogP contribution is 2.31. The molecular weight excluding hydrogens is 379 g/mol. The summed E-state index contributed by atoms with van der Waals surface area (Å²) in [5.74, 6) is 1.46. The van der Waals surface area contributed by atoms with E-state index in [9.17, 15) is 4.39 Å². The number of halogens is 1. The predicted molar refractivity (Wildman–Crippen MR) is 111 cm³/mol. The summed E-state index contributed by atoms with van der Waals surface area (Å²) in [4.78, 5) is 1.18. The van der Waals surface area contributed by atoms with Crippen molar-refractivity contribution in [1.29, 1.82) is 0 Å². The number of aryl methyl sites for hydroxylation is 1. The molecule has 0 fully saturated rings. The van der Waals surface area contributed by atoms with Crippen LogP contribution in [0.2, 0.25) is 0 Å². The number of nitrogens with zero attached hydrogens (tertiary/aromatic N) is 2. The van der Waals surface area contributed by atoms with Gasteiger partial charge in [-0.25, -0.2) is 4.39 Å². The van der Waals surface area contributed by atoms with Gasteiger partial charge in [-0.3, -0.25) is 0 Å². The summed E-state index contributed by atoms with van der Waals surface area (Å²) in [6.07, 6.45) is 2.41. The molecule has 1 atom stereocenters. The molecule has 1 unspecified atom stereocenters. The van der Waals surface area contributed by atoms with E-state index in [4.69, 9.17) is 4.74 Å². The van der Waals surface area contributed by atoms with Crippen molar-refractivity contribution in [3.8, 4) is 16.3 Å². The smallest absolute Gasteiger partial charge is 0.147 e. The quantitative estimate of drug-likeness (QED) is 0.402. The van der Waals surface area contributed by atoms with Crippen LogP contribution >= 0.6 is 23.1 Å². The van der Waals surface area contributed by atoms with Crippen LogP contribution in [0.5, 0.6) is 5.75 Å². The molecule has 3 aromatic rings. The van der Waals surface area contributed by atoms with Crippen LogP contribution < -0.4 is 4.74 Å². The Bertz CT molecular complexity index is 880. The average Bonchev–Trinajstić information content (AvgIpc) is 3.12. The maximum Gasteiger partial charge on any atom is 0.147 e. The van der Waals surface area contributed by atoms with Crippen LogP contribution in [0.4, 0.5) is 4.39 Å². The molecule has 3 rings (SSSR count). The molecule has 0 N–H and O–H groups in total. The Hall–Kier alpha value is -1.92. The first-order valence-electron chi connectivity index (χ1n) is 9.03. The van der Waals surface area contributed by atoms with Crippen molar-refractivity contribution in [2.45, 2.75) is 50.4 Å². The van der Waals surface area contributed by atoms with Gasteiger partial charge in [0.1, 0.15) is 21.6 Å². The van der Waals surface area contributed by atoms with Crippen molar-refractivity contribution < 1.29 is 9.13 Å². The maximum absolute atomic E-state index is 13.0.